The molecule has 1 N–H and O–H groups in total. The molecule has 2 atom stereocenters. The summed E-state index contributed by atoms with van der Waals surface area (Å²) in [6, 6.07) is 7.25. The Bertz CT molecular complexity index is 312. The van der Waals surface area contributed by atoms with Crippen LogP contribution in [-0.2, 0) is 0 Å². The molecule has 0 saturated carbocycles. The van der Waals surface area contributed by atoms with Gasteiger partial charge in [0.15, 0.2) is 0 Å². The molecule has 0 radical (unpaired) electrons. The summed E-state index contributed by atoms with van der Waals surface area (Å²) in [6.07, 6.45) is 3.13. The number of aromatic nitrogens is 1. The first-order valence-corrected chi connectivity index (χ1v) is 6.19. The smallest absolute Gasteiger partial charge is 0.0572 e. The van der Waals surface area contributed by atoms with Crippen LogP contribution in [0.25, 0.3) is 0 Å². The fraction of sp³-hybridized carbons (Fsp3) is 0.615. The molecule has 1 aliphatic heterocycles. The van der Waals surface area contributed by atoms with E-state index in [4.69, 9.17) is 0 Å². The highest BCUT2D eigenvalue weighted by Gasteiger charge is 2.26. The number of nitrogens with zero attached hydrogens (tertiary/aromatic N) is 2. The highest BCUT2D eigenvalue weighted by atomic mass is 15.2. The van der Waals surface area contributed by atoms with E-state index in [1.165, 1.54) is 18.7 Å². The van der Waals surface area contributed by atoms with Crippen LogP contribution in [0, 0.1) is 0 Å². The van der Waals surface area contributed by atoms with Crippen LogP contribution in [0.15, 0.2) is 24.4 Å². The topological polar surface area (TPSA) is 28.2 Å². The molecule has 2 unspecified atom stereocenters. The van der Waals surface area contributed by atoms with Crippen LogP contribution in [0.2, 0.25) is 0 Å². The zero-order chi connectivity index (χ0) is 11.4. The molecule has 3 heteroatoms. The molecule has 0 amide bonds. The van der Waals surface area contributed by atoms with Gasteiger partial charge in [0.05, 0.1) is 5.69 Å². The number of likely N-dealkylation sites (tertiary alicyclic amines) is 1. The molecule has 2 rings (SSSR count). The highest BCUT2D eigenvalue weighted by molar-refractivity contribution is 5.08. The van der Waals surface area contributed by atoms with Gasteiger partial charge >= 0.3 is 0 Å². The maximum absolute atomic E-state index is 4.43. The lowest BCUT2D eigenvalue weighted by Gasteiger charge is -2.23. The minimum atomic E-state index is 0.435. The average molecular weight is 219 g/mol. The summed E-state index contributed by atoms with van der Waals surface area (Å²) in [6.45, 7) is 7.80. The average Bonchev–Trinajstić information content (AvgIpc) is 2.78. The second-order valence-corrected chi connectivity index (χ2v) is 4.47. The van der Waals surface area contributed by atoms with Crippen LogP contribution >= 0.6 is 0 Å². The molecule has 1 aromatic rings. The van der Waals surface area contributed by atoms with Crippen molar-refractivity contribution in [2.24, 2.45) is 0 Å². The SMILES string of the molecule is CCNC1CCN(C(C)c2ccccn2)C1. The predicted molar refractivity (Wildman–Crippen MR) is 66.3 cm³/mol. The summed E-state index contributed by atoms with van der Waals surface area (Å²) >= 11 is 0. The van der Waals surface area contributed by atoms with E-state index in [0.29, 0.717) is 12.1 Å². The van der Waals surface area contributed by atoms with Crippen molar-refractivity contribution in [2.45, 2.75) is 32.4 Å². The molecule has 1 fully saturated rings. The van der Waals surface area contributed by atoms with Gasteiger partial charge in [0.1, 0.15) is 0 Å². The van der Waals surface area contributed by atoms with E-state index in [1.54, 1.807) is 0 Å². The maximum atomic E-state index is 4.43. The lowest BCUT2D eigenvalue weighted by Crippen LogP contribution is -2.33. The summed E-state index contributed by atoms with van der Waals surface area (Å²) in [5.74, 6) is 0. The van der Waals surface area contributed by atoms with Gasteiger partial charge in [-0.15, -0.1) is 0 Å². The monoisotopic (exact) mass is 219 g/mol. The fourth-order valence-electron chi connectivity index (χ4n) is 2.40. The number of hydrogen-bond donors (Lipinski definition) is 1. The quantitative estimate of drug-likeness (QED) is 0.837. The Morgan fingerprint density at radius 3 is 3.12 bits per heavy atom. The van der Waals surface area contributed by atoms with E-state index in [1.807, 2.05) is 12.3 Å². The van der Waals surface area contributed by atoms with E-state index in [0.717, 1.165) is 13.1 Å². The van der Waals surface area contributed by atoms with Crippen molar-refractivity contribution in [1.82, 2.24) is 15.2 Å². The Kier molecular flexibility index (Phi) is 3.91. The molecule has 0 spiro atoms. The standard InChI is InChI=1S/C13H21N3/c1-3-14-12-7-9-16(10-12)11(2)13-6-4-5-8-15-13/h4-6,8,11-12,14H,3,7,9-10H2,1-2H3. The predicted octanol–water partition coefficient (Wildman–Crippen LogP) is 1.83. The first-order chi connectivity index (χ1) is 7.81. The lowest BCUT2D eigenvalue weighted by molar-refractivity contribution is 0.251. The Labute approximate surface area is 97.9 Å². The van der Waals surface area contributed by atoms with Crippen molar-refractivity contribution >= 4 is 0 Å². The van der Waals surface area contributed by atoms with Crippen LogP contribution < -0.4 is 5.32 Å². The van der Waals surface area contributed by atoms with Crippen LogP contribution in [0.3, 0.4) is 0 Å². The zero-order valence-electron chi connectivity index (χ0n) is 10.2. The molecular formula is C13H21N3. The summed E-state index contributed by atoms with van der Waals surface area (Å²) < 4.78 is 0. The highest BCUT2D eigenvalue weighted by Crippen LogP contribution is 2.22. The van der Waals surface area contributed by atoms with Crippen LogP contribution in [0.4, 0.5) is 0 Å². The summed E-state index contributed by atoms with van der Waals surface area (Å²) in [5, 5.41) is 3.52. The molecule has 1 aromatic heterocycles. The van der Waals surface area contributed by atoms with Gasteiger partial charge < -0.3 is 5.32 Å². The molecular weight excluding hydrogens is 198 g/mol. The van der Waals surface area contributed by atoms with Gasteiger partial charge in [-0.05, 0) is 32.0 Å². The molecule has 0 bridgehead atoms. The van der Waals surface area contributed by atoms with Gasteiger partial charge in [0, 0.05) is 31.4 Å². The van der Waals surface area contributed by atoms with Crippen molar-refractivity contribution < 1.29 is 0 Å². The molecule has 88 valence electrons. The molecule has 2 heterocycles. The normalized spacial score (nSPS) is 23.5. The third-order valence-corrected chi connectivity index (χ3v) is 3.38. The minimum Gasteiger partial charge on any atom is -0.313 e. The van der Waals surface area contributed by atoms with Crippen LogP contribution in [-0.4, -0.2) is 35.6 Å². The Balaban J connectivity index is 1.94. The number of likely N-dealkylation sites (N-methyl/N-ethyl adjacent to an activating group) is 1. The fourth-order valence-corrected chi connectivity index (χ4v) is 2.40. The van der Waals surface area contributed by atoms with E-state index in [2.05, 4.69) is 41.2 Å². The van der Waals surface area contributed by atoms with E-state index in [-0.39, 0.29) is 0 Å². The van der Waals surface area contributed by atoms with E-state index < -0.39 is 0 Å². The lowest BCUT2D eigenvalue weighted by atomic mass is 10.2. The van der Waals surface area contributed by atoms with Gasteiger partial charge in [-0.3, -0.25) is 9.88 Å². The van der Waals surface area contributed by atoms with Gasteiger partial charge in [-0.1, -0.05) is 13.0 Å². The largest absolute Gasteiger partial charge is 0.313 e. The Hall–Kier alpha value is -0.930. The molecule has 16 heavy (non-hydrogen) atoms. The second kappa shape index (κ2) is 5.41. The van der Waals surface area contributed by atoms with Crippen molar-refractivity contribution in [3.8, 4) is 0 Å². The van der Waals surface area contributed by atoms with Gasteiger partial charge in [-0.25, -0.2) is 0 Å². The zero-order valence-corrected chi connectivity index (χ0v) is 10.2. The van der Waals surface area contributed by atoms with Crippen LogP contribution in [0.5, 0.6) is 0 Å². The van der Waals surface area contributed by atoms with Crippen LogP contribution in [0.1, 0.15) is 32.0 Å². The number of hydrogen-bond acceptors (Lipinski definition) is 3. The first-order valence-electron chi connectivity index (χ1n) is 6.19. The Morgan fingerprint density at radius 2 is 2.44 bits per heavy atom. The van der Waals surface area contributed by atoms with E-state index in [9.17, 15) is 0 Å². The van der Waals surface area contributed by atoms with Crippen molar-refractivity contribution in [1.29, 1.82) is 0 Å². The molecule has 3 nitrogen and oxygen atoms in total. The molecule has 0 aliphatic carbocycles. The summed E-state index contributed by atoms with van der Waals surface area (Å²) in [4.78, 5) is 6.94. The second-order valence-electron chi connectivity index (χ2n) is 4.47. The van der Waals surface area contributed by atoms with Crippen molar-refractivity contribution in [3.63, 3.8) is 0 Å². The summed E-state index contributed by atoms with van der Waals surface area (Å²) in [7, 11) is 0. The van der Waals surface area contributed by atoms with Gasteiger partial charge in [0.2, 0.25) is 0 Å². The maximum Gasteiger partial charge on any atom is 0.0572 e. The third-order valence-electron chi connectivity index (χ3n) is 3.38. The third kappa shape index (κ3) is 2.60. The molecule has 1 saturated heterocycles. The van der Waals surface area contributed by atoms with Crippen molar-refractivity contribution in [3.05, 3.63) is 30.1 Å². The van der Waals surface area contributed by atoms with E-state index >= 15 is 0 Å². The van der Waals surface area contributed by atoms with Gasteiger partial charge in [-0.2, -0.15) is 0 Å². The first kappa shape index (κ1) is 11.6. The molecule has 1 aliphatic rings. The van der Waals surface area contributed by atoms with Gasteiger partial charge in [0.25, 0.3) is 0 Å². The number of nitrogens with one attached hydrogen (secondary N) is 1. The minimum absolute atomic E-state index is 0.435. The number of rotatable bonds is 4. The molecule has 0 aromatic carbocycles. The number of pyridine rings is 1. The van der Waals surface area contributed by atoms with Crippen molar-refractivity contribution in [2.75, 3.05) is 19.6 Å². The Morgan fingerprint density at radius 1 is 1.56 bits per heavy atom. The summed E-state index contributed by atoms with van der Waals surface area (Å²) in [5.41, 5.74) is 1.18.